The molecule has 0 bridgehead atoms. The monoisotopic (exact) mass is 342 g/mol. The highest BCUT2D eigenvalue weighted by molar-refractivity contribution is 5.76. The predicted octanol–water partition coefficient (Wildman–Crippen LogP) is 2.67. The van der Waals surface area contributed by atoms with Gasteiger partial charge >= 0.3 is 0 Å². The molecule has 25 heavy (non-hydrogen) atoms. The summed E-state index contributed by atoms with van der Waals surface area (Å²) < 4.78 is 7.32. The summed E-state index contributed by atoms with van der Waals surface area (Å²) in [4.78, 5) is 14.4. The van der Waals surface area contributed by atoms with Crippen molar-refractivity contribution in [1.82, 2.24) is 19.9 Å². The summed E-state index contributed by atoms with van der Waals surface area (Å²) in [5, 5.41) is 8.16. The molecule has 1 amide bonds. The summed E-state index contributed by atoms with van der Waals surface area (Å²) in [5.41, 5.74) is 1.87. The predicted molar refractivity (Wildman–Crippen MR) is 95.1 cm³/mol. The average molecular weight is 342 g/mol. The van der Waals surface area contributed by atoms with Gasteiger partial charge in [-0.25, -0.2) is 4.68 Å². The van der Waals surface area contributed by atoms with Crippen LogP contribution in [0.5, 0.6) is 5.75 Å². The van der Waals surface area contributed by atoms with Gasteiger partial charge in [0.25, 0.3) is 0 Å². The maximum atomic E-state index is 12.5. The summed E-state index contributed by atoms with van der Waals surface area (Å²) in [7, 11) is 0. The van der Waals surface area contributed by atoms with E-state index in [0.717, 1.165) is 30.1 Å². The van der Waals surface area contributed by atoms with Gasteiger partial charge in [-0.15, -0.1) is 5.10 Å². The molecule has 0 aliphatic carbocycles. The van der Waals surface area contributed by atoms with Crippen LogP contribution in [0.15, 0.2) is 30.5 Å². The number of benzene rings is 1. The Bertz CT molecular complexity index is 718. The molecule has 2 aromatic rings. The molecule has 1 aromatic carbocycles. The fraction of sp³-hybridized carbons (Fsp3) is 0.526. The van der Waals surface area contributed by atoms with E-state index in [4.69, 9.17) is 4.74 Å². The second-order valence-corrected chi connectivity index (χ2v) is 7.26. The molecule has 1 saturated heterocycles. The molecule has 2 heterocycles. The summed E-state index contributed by atoms with van der Waals surface area (Å²) in [6.45, 7) is 8.67. The van der Waals surface area contributed by atoms with Gasteiger partial charge < -0.3 is 9.64 Å². The lowest BCUT2D eigenvalue weighted by Gasteiger charge is -2.34. The molecule has 0 unspecified atom stereocenters. The van der Waals surface area contributed by atoms with Crippen molar-refractivity contribution in [1.29, 1.82) is 0 Å². The van der Waals surface area contributed by atoms with Crippen LogP contribution in [-0.2, 0) is 17.9 Å². The number of likely N-dealkylation sites (tertiary alicyclic amines) is 1. The first-order valence-electron chi connectivity index (χ1n) is 8.86. The quantitative estimate of drug-likeness (QED) is 0.838. The fourth-order valence-corrected chi connectivity index (χ4v) is 3.45. The molecule has 6 heteroatoms. The van der Waals surface area contributed by atoms with Crippen molar-refractivity contribution in [3.05, 3.63) is 41.7 Å². The van der Waals surface area contributed by atoms with E-state index in [0.29, 0.717) is 18.4 Å². The molecular weight excluding hydrogens is 316 g/mol. The molecule has 0 spiro atoms. The zero-order valence-corrected chi connectivity index (χ0v) is 15.2. The van der Waals surface area contributed by atoms with Gasteiger partial charge in [0.05, 0.1) is 6.20 Å². The van der Waals surface area contributed by atoms with E-state index in [1.54, 1.807) is 10.9 Å². The minimum atomic E-state index is 0.106. The van der Waals surface area contributed by atoms with Crippen LogP contribution in [0.1, 0.15) is 31.5 Å². The van der Waals surface area contributed by atoms with Gasteiger partial charge in [0.2, 0.25) is 5.91 Å². The van der Waals surface area contributed by atoms with Gasteiger partial charge in [-0.05, 0) is 42.9 Å². The van der Waals surface area contributed by atoms with Crippen molar-refractivity contribution in [2.24, 2.45) is 11.8 Å². The van der Waals surface area contributed by atoms with Crippen LogP contribution in [0.4, 0.5) is 0 Å². The number of carbonyl (C=O) groups excluding carboxylic acids is 1. The molecule has 0 radical (unpaired) electrons. The molecule has 1 aliphatic heterocycles. The Morgan fingerprint density at radius 2 is 2.04 bits per heavy atom. The van der Waals surface area contributed by atoms with Crippen LogP contribution in [0.25, 0.3) is 0 Å². The summed E-state index contributed by atoms with van der Waals surface area (Å²) in [5.74, 6) is 2.03. The first kappa shape index (κ1) is 17.5. The van der Waals surface area contributed by atoms with E-state index in [-0.39, 0.29) is 12.5 Å². The highest BCUT2D eigenvalue weighted by Crippen LogP contribution is 2.21. The summed E-state index contributed by atoms with van der Waals surface area (Å²) >= 11 is 0. The number of hydrogen-bond acceptors (Lipinski definition) is 4. The van der Waals surface area contributed by atoms with E-state index in [9.17, 15) is 4.79 Å². The zero-order valence-electron chi connectivity index (χ0n) is 15.2. The molecule has 3 rings (SSSR count). The van der Waals surface area contributed by atoms with Crippen molar-refractivity contribution in [2.75, 3.05) is 13.1 Å². The van der Waals surface area contributed by atoms with Crippen LogP contribution >= 0.6 is 0 Å². The minimum Gasteiger partial charge on any atom is -0.487 e. The van der Waals surface area contributed by atoms with Crippen molar-refractivity contribution in [2.45, 2.75) is 40.3 Å². The number of aryl methyl sites for hydroxylation is 1. The third-order valence-electron chi connectivity index (χ3n) is 4.48. The Morgan fingerprint density at radius 3 is 2.76 bits per heavy atom. The van der Waals surface area contributed by atoms with Crippen molar-refractivity contribution in [3.8, 4) is 5.75 Å². The highest BCUT2D eigenvalue weighted by atomic mass is 16.5. The Kier molecular flexibility index (Phi) is 5.36. The number of aromatic nitrogens is 3. The van der Waals surface area contributed by atoms with E-state index in [1.165, 1.54) is 6.42 Å². The van der Waals surface area contributed by atoms with E-state index < -0.39 is 0 Å². The topological polar surface area (TPSA) is 60.2 Å². The van der Waals surface area contributed by atoms with Crippen LogP contribution < -0.4 is 4.74 Å². The van der Waals surface area contributed by atoms with Crippen molar-refractivity contribution < 1.29 is 9.53 Å². The Balaban J connectivity index is 1.53. The smallest absolute Gasteiger partial charge is 0.244 e. The van der Waals surface area contributed by atoms with Gasteiger partial charge in [0.15, 0.2) is 0 Å². The van der Waals surface area contributed by atoms with Gasteiger partial charge in [-0.2, -0.15) is 0 Å². The maximum absolute atomic E-state index is 12.5. The first-order valence-corrected chi connectivity index (χ1v) is 8.86. The molecule has 0 saturated carbocycles. The van der Waals surface area contributed by atoms with Gasteiger partial charge in [0.1, 0.15) is 24.6 Å². The van der Waals surface area contributed by atoms with Crippen LogP contribution in [0.2, 0.25) is 0 Å². The van der Waals surface area contributed by atoms with E-state index >= 15 is 0 Å². The fourth-order valence-electron chi connectivity index (χ4n) is 3.45. The molecule has 1 aliphatic rings. The Labute approximate surface area is 148 Å². The van der Waals surface area contributed by atoms with Crippen molar-refractivity contribution >= 4 is 5.91 Å². The third kappa shape index (κ3) is 4.81. The lowest BCUT2D eigenvalue weighted by atomic mass is 9.92. The van der Waals surface area contributed by atoms with Gasteiger partial charge in [0, 0.05) is 13.1 Å². The van der Waals surface area contributed by atoms with E-state index in [2.05, 4.69) is 24.2 Å². The van der Waals surface area contributed by atoms with Gasteiger partial charge in [-0.1, -0.05) is 31.2 Å². The molecule has 1 aromatic heterocycles. The molecule has 1 fully saturated rings. The summed E-state index contributed by atoms with van der Waals surface area (Å²) in [6.07, 6.45) is 2.97. The second kappa shape index (κ2) is 7.68. The number of amides is 1. The zero-order chi connectivity index (χ0) is 17.8. The Morgan fingerprint density at radius 1 is 1.28 bits per heavy atom. The molecular formula is C19H26N4O2. The number of rotatable bonds is 5. The second-order valence-electron chi connectivity index (χ2n) is 7.26. The number of ether oxygens (including phenoxy) is 1. The standard InChI is InChI=1S/C19H26N4O2/c1-14-5-4-6-18(8-14)25-13-17-11-23(21-20-17)12-19(24)22-9-15(2)7-16(3)10-22/h4-6,8,11,15-16H,7,9-10,12-13H2,1-3H3/t15-,16+. The highest BCUT2D eigenvalue weighted by Gasteiger charge is 2.25. The average Bonchev–Trinajstić information content (AvgIpc) is 2.99. The summed E-state index contributed by atoms with van der Waals surface area (Å²) in [6, 6.07) is 7.88. The molecule has 6 nitrogen and oxygen atoms in total. The van der Waals surface area contributed by atoms with E-state index in [1.807, 2.05) is 36.1 Å². The van der Waals surface area contributed by atoms with Crippen LogP contribution in [-0.4, -0.2) is 38.9 Å². The lowest BCUT2D eigenvalue weighted by molar-refractivity contribution is -0.134. The number of hydrogen-bond donors (Lipinski definition) is 0. The number of piperidine rings is 1. The number of nitrogens with zero attached hydrogens (tertiary/aromatic N) is 4. The third-order valence-corrected chi connectivity index (χ3v) is 4.48. The Hall–Kier alpha value is -2.37. The van der Waals surface area contributed by atoms with Crippen LogP contribution in [0, 0.1) is 18.8 Å². The van der Waals surface area contributed by atoms with Crippen LogP contribution in [0.3, 0.4) is 0 Å². The van der Waals surface area contributed by atoms with Gasteiger partial charge in [-0.3, -0.25) is 4.79 Å². The first-order chi connectivity index (χ1) is 12.0. The minimum absolute atomic E-state index is 0.106. The molecule has 0 N–H and O–H groups in total. The SMILES string of the molecule is Cc1cccc(OCc2cn(CC(=O)N3C[C@H](C)C[C@H](C)C3)nn2)c1. The van der Waals surface area contributed by atoms with Crippen molar-refractivity contribution in [3.63, 3.8) is 0 Å². The largest absolute Gasteiger partial charge is 0.487 e. The molecule has 2 atom stereocenters. The lowest BCUT2D eigenvalue weighted by Crippen LogP contribution is -2.44. The number of carbonyl (C=O) groups is 1. The normalized spacial score (nSPS) is 20.5. The molecule has 134 valence electrons. The maximum Gasteiger partial charge on any atom is 0.244 e.